The van der Waals surface area contributed by atoms with Gasteiger partial charge in [-0.1, -0.05) is 55.8 Å². The van der Waals surface area contributed by atoms with E-state index in [1.807, 2.05) is 44.2 Å². The Morgan fingerprint density at radius 3 is 2.25 bits per heavy atom. The van der Waals surface area contributed by atoms with Crippen LogP contribution >= 0.6 is 11.6 Å². The van der Waals surface area contributed by atoms with Crippen molar-refractivity contribution in [1.82, 2.24) is 0 Å². The second-order valence-corrected chi connectivity index (χ2v) is 2.16. The lowest BCUT2D eigenvalue weighted by Crippen LogP contribution is -1.88. The van der Waals surface area contributed by atoms with Gasteiger partial charge in [0, 0.05) is 0 Å². The van der Waals surface area contributed by atoms with Crippen molar-refractivity contribution in [1.29, 1.82) is 0 Å². The van der Waals surface area contributed by atoms with Gasteiger partial charge in [-0.3, -0.25) is 0 Å². The van der Waals surface area contributed by atoms with Gasteiger partial charge in [0.1, 0.15) is 6.07 Å². The van der Waals surface area contributed by atoms with Crippen LogP contribution in [-0.4, -0.2) is 6.07 Å². The Balaban J connectivity index is 0.000000561. The minimum atomic E-state index is 0.259. The lowest BCUT2D eigenvalue weighted by molar-refractivity contribution is 0.165. The molecule has 0 aliphatic carbocycles. The average molecular weight is 187 g/mol. The summed E-state index contributed by atoms with van der Waals surface area (Å²) in [4.78, 5) is 0. The number of hydrogen-bond donors (Lipinski definition) is 0. The van der Waals surface area contributed by atoms with Crippen LogP contribution in [0.1, 0.15) is 19.4 Å². The fourth-order valence-electron chi connectivity index (χ4n) is 0.731. The first-order chi connectivity index (χ1) is 5.93. The fraction of sp³-hybridized carbons (Fsp3) is 0.400. The molecular weight excluding hydrogens is 172 g/mol. The largest absolute Gasteiger partial charge is 0.361 e. The van der Waals surface area contributed by atoms with E-state index in [4.69, 9.17) is 16.3 Å². The second-order valence-electron chi connectivity index (χ2n) is 1.94. The van der Waals surface area contributed by atoms with Crippen molar-refractivity contribution < 1.29 is 4.74 Å². The maximum absolute atomic E-state index is 5.33. The third-order valence-corrected chi connectivity index (χ3v) is 1.34. The fourth-order valence-corrected chi connectivity index (χ4v) is 0.808. The van der Waals surface area contributed by atoms with Crippen molar-refractivity contribution in [2.24, 2.45) is 0 Å². The number of ether oxygens (including phenoxy) is 1. The van der Waals surface area contributed by atoms with Crippen LogP contribution in [0.25, 0.3) is 0 Å². The molecule has 0 saturated heterocycles. The van der Waals surface area contributed by atoms with Crippen molar-refractivity contribution in [2.75, 3.05) is 6.07 Å². The molecule has 0 N–H and O–H groups in total. The summed E-state index contributed by atoms with van der Waals surface area (Å²) < 4.78 is 4.98. The number of alkyl halides is 1. The molecule has 2 heteroatoms. The maximum atomic E-state index is 5.33. The predicted octanol–water partition coefficient (Wildman–Crippen LogP) is 3.43. The Labute approximate surface area is 79.3 Å². The van der Waals surface area contributed by atoms with Gasteiger partial charge in [-0.05, 0) is 5.56 Å². The molecule has 0 fully saturated rings. The Morgan fingerprint density at radius 2 is 1.75 bits per heavy atom. The molecule has 0 radical (unpaired) electrons. The van der Waals surface area contributed by atoms with Crippen LogP contribution in [0.15, 0.2) is 30.3 Å². The Kier molecular flexibility index (Phi) is 8.19. The molecule has 0 amide bonds. The molecule has 0 aliphatic rings. The standard InChI is InChI=1S/C8H9ClO.C2H6/c9-7-10-6-8-4-2-1-3-5-8;1-2/h1-5H,6-7H2;1-2H3. The summed E-state index contributed by atoms with van der Waals surface area (Å²) in [6, 6.07) is 10.2. The zero-order valence-electron chi connectivity index (χ0n) is 7.59. The minimum Gasteiger partial charge on any atom is -0.361 e. The van der Waals surface area contributed by atoms with Crippen molar-refractivity contribution in [3.8, 4) is 0 Å². The maximum Gasteiger partial charge on any atom is 0.121 e. The van der Waals surface area contributed by atoms with Crippen molar-refractivity contribution in [2.45, 2.75) is 20.5 Å². The molecule has 68 valence electrons. The van der Waals surface area contributed by atoms with Gasteiger partial charge in [-0.25, -0.2) is 0 Å². The molecular formula is C10H15ClO. The first-order valence-electron chi connectivity index (χ1n) is 4.11. The van der Waals surface area contributed by atoms with Crippen molar-refractivity contribution >= 4 is 11.6 Å². The minimum absolute atomic E-state index is 0.259. The van der Waals surface area contributed by atoms with E-state index in [1.54, 1.807) is 0 Å². The highest BCUT2D eigenvalue weighted by Gasteiger charge is 1.87. The molecule has 12 heavy (non-hydrogen) atoms. The van der Waals surface area contributed by atoms with Gasteiger partial charge >= 0.3 is 0 Å². The van der Waals surface area contributed by atoms with Gasteiger partial charge in [0.15, 0.2) is 0 Å². The molecule has 0 spiro atoms. The number of rotatable bonds is 3. The summed E-state index contributed by atoms with van der Waals surface area (Å²) >= 11 is 5.33. The van der Waals surface area contributed by atoms with Crippen molar-refractivity contribution in [3.63, 3.8) is 0 Å². The Hall–Kier alpha value is -0.530. The van der Waals surface area contributed by atoms with Gasteiger partial charge in [0.05, 0.1) is 6.61 Å². The van der Waals surface area contributed by atoms with Gasteiger partial charge in [-0.15, -0.1) is 0 Å². The molecule has 1 aromatic rings. The zero-order valence-corrected chi connectivity index (χ0v) is 8.34. The Morgan fingerprint density at radius 1 is 1.17 bits per heavy atom. The molecule has 0 aliphatic heterocycles. The third-order valence-electron chi connectivity index (χ3n) is 1.19. The summed E-state index contributed by atoms with van der Waals surface area (Å²) in [6.07, 6.45) is 0. The monoisotopic (exact) mass is 186 g/mol. The van der Waals surface area contributed by atoms with Crippen LogP contribution in [0.4, 0.5) is 0 Å². The zero-order chi connectivity index (χ0) is 9.23. The van der Waals surface area contributed by atoms with Gasteiger partial charge in [-0.2, -0.15) is 0 Å². The number of halogens is 1. The summed E-state index contributed by atoms with van der Waals surface area (Å²) in [6.45, 7) is 4.60. The average Bonchev–Trinajstić information content (AvgIpc) is 2.19. The van der Waals surface area contributed by atoms with Crippen LogP contribution < -0.4 is 0 Å². The highest BCUT2D eigenvalue weighted by atomic mass is 35.5. The Bertz CT molecular complexity index is 174. The van der Waals surface area contributed by atoms with E-state index in [0.29, 0.717) is 6.61 Å². The molecule has 0 saturated carbocycles. The van der Waals surface area contributed by atoms with E-state index in [-0.39, 0.29) is 6.07 Å². The van der Waals surface area contributed by atoms with E-state index in [1.165, 1.54) is 0 Å². The van der Waals surface area contributed by atoms with E-state index < -0.39 is 0 Å². The highest BCUT2D eigenvalue weighted by molar-refractivity contribution is 6.17. The lowest BCUT2D eigenvalue weighted by atomic mass is 10.2. The van der Waals surface area contributed by atoms with Gasteiger partial charge in [0.2, 0.25) is 0 Å². The molecule has 1 aromatic carbocycles. The predicted molar refractivity (Wildman–Crippen MR) is 53.3 cm³/mol. The molecule has 0 atom stereocenters. The first-order valence-corrected chi connectivity index (χ1v) is 4.64. The summed E-state index contributed by atoms with van der Waals surface area (Å²) in [5.74, 6) is 0. The van der Waals surface area contributed by atoms with E-state index in [9.17, 15) is 0 Å². The lowest BCUT2D eigenvalue weighted by Gasteiger charge is -1.97. The van der Waals surface area contributed by atoms with Crippen molar-refractivity contribution in [3.05, 3.63) is 35.9 Å². The topological polar surface area (TPSA) is 9.23 Å². The quantitative estimate of drug-likeness (QED) is 0.658. The normalized spacial score (nSPS) is 8.58. The van der Waals surface area contributed by atoms with E-state index >= 15 is 0 Å². The second kappa shape index (κ2) is 8.57. The van der Waals surface area contributed by atoms with Crippen LogP contribution in [0.5, 0.6) is 0 Å². The van der Waals surface area contributed by atoms with Gasteiger partial charge < -0.3 is 4.74 Å². The third kappa shape index (κ3) is 5.16. The van der Waals surface area contributed by atoms with Crippen LogP contribution in [0.3, 0.4) is 0 Å². The molecule has 1 nitrogen and oxygen atoms in total. The molecule has 0 unspecified atom stereocenters. The smallest absolute Gasteiger partial charge is 0.121 e. The SMILES string of the molecule is CC.ClCOCc1ccccc1. The van der Waals surface area contributed by atoms with Crippen LogP contribution in [-0.2, 0) is 11.3 Å². The summed E-state index contributed by atoms with van der Waals surface area (Å²) in [5, 5.41) is 0. The summed E-state index contributed by atoms with van der Waals surface area (Å²) in [7, 11) is 0. The van der Waals surface area contributed by atoms with Crippen LogP contribution in [0.2, 0.25) is 0 Å². The molecule has 0 bridgehead atoms. The number of hydrogen-bond acceptors (Lipinski definition) is 1. The molecule has 1 rings (SSSR count). The van der Waals surface area contributed by atoms with Gasteiger partial charge in [0.25, 0.3) is 0 Å². The first kappa shape index (κ1) is 11.5. The van der Waals surface area contributed by atoms with E-state index in [2.05, 4.69) is 0 Å². The summed E-state index contributed by atoms with van der Waals surface area (Å²) in [5.41, 5.74) is 1.16. The number of benzene rings is 1. The van der Waals surface area contributed by atoms with E-state index in [0.717, 1.165) is 5.56 Å². The van der Waals surface area contributed by atoms with Crippen LogP contribution in [0, 0.1) is 0 Å². The molecule has 0 heterocycles. The molecule has 0 aromatic heterocycles. The highest BCUT2D eigenvalue weighted by Crippen LogP contribution is 2.00.